The van der Waals surface area contributed by atoms with E-state index in [1.807, 2.05) is 44.2 Å². The fourth-order valence-electron chi connectivity index (χ4n) is 7.43. The number of rotatable bonds is 10. The van der Waals surface area contributed by atoms with E-state index in [0.29, 0.717) is 25.9 Å². The van der Waals surface area contributed by atoms with Crippen LogP contribution in [0.5, 0.6) is 0 Å². The van der Waals surface area contributed by atoms with Gasteiger partial charge in [-0.3, -0.25) is 14.4 Å². The smallest absolute Gasteiger partial charge is 0.244 e. The van der Waals surface area contributed by atoms with Gasteiger partial charge in [0.25, 0.3) is 0 Å². The monoisotopic (exact) mass is 543 g/mol. The van der Waals surface area contributed by atoms with Gasteiger partial charge >= 0.3 is 0 Å². The third-order valence-corrected chi connectivity index (χ3v) is 10.3. The van der Waals surface area contributed by atoms with Crippen LogP contribution in [-0.2, 0) is 20.9 Å². The number of nitrogens with zero attached hydrogens (tertiary/aromatic N) is 1. The van der Waals surface area contributed by atoms with Gasteiger partial charge in [0.05, 0.1) is 16.6 Å². The van der Waals surface area contributed by atoms with Crippen LogP contribution in [0.25, 0.3) is 0 Å². The molecule has 0 aromatic heterocycles. The molecule has 0 saturated carbocycles. The van der Waals surface area contributed by atoms with Gasteiger partial charge in [-0.25, -0.2) is 0 Å². The summed E-state index contributed by atoms with van der Waals surface area (Å²) in [5, 5.41) is 15.8. The summed E-state index contributed by atoms with van der Waals surface area (Å²) in [6.45, 7) is 13.5. The van der Waals surface area contributed by atoms with Crippen LogP contribution in [0.3, 0.4) is 0 Å². The molecule has 3 saturated heterocycles. The molecule has 7 nitrogen and oxygen atoms in total. The maximum atomic E-state index is 14.1. The number of hydrogen-bond donors (Lipinski definition) is 3. The lowest BCUT2D eigenvalue weighted by atomic mass is 9.66. The number of aliphatic hydroxyl groups excluding tert-OH is 1. The summed E-state index contributed by atoms with van der Waals surface area (Å²) in [5.74, 6) is -1.34. The highest BCUT2D eigenvalue weighted by atomic mass is 32.2. The molecule has 3 heterocycles. The molecule has 5 atom stereocenters. The van der Waals surface area contributed by atoms with Crippen LogP contribution in [0.15, 0.2) is 30.3 Å². The van der Waals surface area contributed by atoms with Crippen molar-refractivity contribution in [2.24, 2.45) is 17.3 Å². The van der Waals surface area contributed by atoms with E-state index in [4.69, 9.17) is 0 Å². The van der Waals surface area contributed by atoms with Crippen LogP contribution < -0.4 is 10.6 Å². The number of aliphatic hydroxyl groups is 1. The van der Waals surface area contributed by atoms with Gasteiger partial charge in [0.15, 0.2) is 0 Å². The summed E-state index contributed by atoms with van der Waals surface area (Å²) in [6.07, 6.45) is 3.51. The Morgan fingerprint density at radius 3 is 2.39 bits per heavy atom. The van der Waals surface area contributed by atoms with Crippen LogP contribution in [0.4, 0.5) is 0 Å². The van der Waals surface area contributed by atoms with E-state index in [-0.39, 0.29) is 29.7 Å². The predicted molar refractivity (Wildman–Crippen MR) is 151 cm³/mol. The zero-order chi connectivity index (χ0) is 27.9. The van der Waals surface area contributed by atoms with E-state index >= 15 is 0 Å². The standard InChI is InChI=1S/C30H45N3O4S/c1-27(2,3)19-28(4,5)32-25(36)23-30-15-14-29(6,38-30)21(22(30)26(37)33(23)16-10-11-17-34)24(35)31-18-20-12-8-7-9-13-20/h7-9,12-13,21-23,34H,10-11,14-19H2,1-6H3,(H,31,35)(H,32,36)/t21-,22-,23?,29+,30?/m0/s1. The third-order valence-electron chi connectivity index (χ3n) is 8.36. The van der Waals surface area contributed by atoms with Crippen molar-refractivity contribution < 1.29 is 19.5 Å². The lowest BCUT2D eigenvalue weighted by molar-refractivity contribution is -0.141. The number of benzene rings is 1. The number of amides is 3. The van der Waals surface area contributed by atoms with Gasteiger partial charge in [0, 0.05) is 30.0 Å². The molecule has 8 heteroatoms. The predicted octanol–water partition coefficient (Wildman–Crippen LogP) is 3.89. The fraction of sp³-hybridized carbons (Fsp3) is 0.700. The minimum atomic E-state index is -0.628. The maximum Gasteiger partial charge on any atom is 0.244 e. The quantitative estimate of drug-likeness (QED) is 0.389. The highest BCUT2D eigenvalue weighted by Crippen LogP contribution is 2.71. The van der Waals surface area contributed by atoms with Gasteiger partial charge in [-0.2, -0.15) is 0 Å². The summed E-state index contributed by atoms with van der Waals surface area (Å²) in [4.78, 5) is 43.6. The number of nitrogens with one attached hydrogen (secondary N) is 2. The lowest BCUT2D eigenvalue weighted by Gasteiger charge is -2.38. The summed E-state index contributed by atoms with van der Waals surface area (Å²) in [5.41, 5.74) is 0.597. The van der Waals surface area contributed by atoms with Crippen LogP contribution in [0.2, 0.25) is 0 Å². The van der Waals surface area contributed by atoms with E-state index in [1.54, 1.807) is 16.7 Å². The molecule has 0 aliphatic carbocycles. The SMILES string of the molecule is CC(C)(C)CC(C)(C)NC(=O)C1N(CCCCO)C(=O)[C@@H]2[C@@H](C(=O)NCc3ccccc3)[C@@]3(C)CCC12S3. The lowest BCUT2D eigenvalue weighted by Crippen LogP contribution is -2.58. The second-order valence-corrected chi connectivity index (χ2v) is 15.4. The van der Waals surface area contributed by atoms with Gasteiger partial charge in [-0.05, 0) is 63.9 Å². The van der Waals surface area contributed by atoms with Crippen LogP contribution in [0, 0.1) is 17.3 Å². The zero-order valence-electron chi connectivity index (χ0n) is 23.8. The van der Waals surface area contributed by atoms with Crippen molar-refractivity contribution in [2.75, 3.05) is 13.2 Å². The maximum absolute atomic E-state index is 14.1. The molecule has 1 aromatic carbocycles. The van der Waals surface area contributed by atoms with Gasteiger partial charge in [-0.15, -0.1) is 11.8 Å². The molecule has 3 aliphatic rings. The van der Waals surface area contributed by atoms with Crippen LogP contribution in [-0.4, -0.2) is 62.0 Å². The summed E-state index contributed by atoms with van der Waals surface area (Å²) in [7, 11) is 0. The second kappa shape index (κ2) is 10.5. The number of hydrogen-bond acceptors (Lipinski definition) is 5. The highest BCUT2D eigenvalue weighted by molar-refractivity contribution is 8.02. The number of fused-ring (bicyclic) bond motifs is 1. The molecule has 2 unspecified atom stereocenters. The Hall–Kier alpha value is -2.06. The Bertz CT molecular complexity index is 1060. The molecule has 38 heavy (non-hydrogen) atoms. The van der Waals surface area contributed by atoms with Gasteiger partial charge in [0.1, 0.15) is 6.04 Å². The minimum Gasteiger partial charge on any atom is -0.396 e. The zero-order valence-corrected chi connectivity index (χ0v) is 24.6. The average molecular weight is 544 g/mol. The van der Waals surface area contributed by atoms with E-state index in [0.717, 1.165) is 24.8 Å². The van der Waals surface area contributed by atoms with Crippen molar-refractivity contribution in [3.8, 4) is 0 Å². The van der Waals surface area contributed by atoms with Crippen molar-refractivity contribution in [2.45, 2.75) is 101 Å². The molecule has 3 N–H and O–H groups in total. The minimum absolute atomic E-state index is 0.0277. The average Bonchev–Trinajstić information content (AvgIpc) is 3.37. The first-order valence-corrected chi connectivity index (χ1v) is 14.8. The van der Waals surface area contributed by atoms with Crippen molar-refractivity contribution in [1.82, 2.24) is 15.5 Å². The summed E-state index contributed by atoms with van der Waals surface area (Å²) < 4.78 is -1.01. The van der Waals surface area contributed by atoms with E-state index in [2.05, 4.69) is 38.3 Å². The van der Waals surface area contributed by atoms with Crippen molar-refractivity contribution >= 4 is 29.5 Å². The number of unbranched alkanes of at least 4 members (excludes halogenated alkanes) is 1. The Kier molecular flexibility index (Phi) is 7.99. The molecular weight excluding hydrogens is 498 g/mol. The topological polar surface area (TPSA) is 98.7 Å². The highest BCUT2D eigenvalue weighted by Gasteiger charge is 2.77. The fourth-order valence-corrected chi connectivity index (χ4v) is 9.78. The normalized spacial score (nSPS) is 30.4. The number of carbonyl (C=O) groups is 3. The molecule has 3 fully saturated rings. The molecule has 210 valence electrons. The van der Waals surface area contributed by atoms with Gasteiger partial charge in [0.2, 0.25) is 17.7 Å². The van der Waals surface area contributed by atoms with Crippen LogP contribution in [0.1, 0.15) is 79.2 Å². The summed E-state index contributed by atoms with van der Waals surface area (Å²) >= 11 is 1.70. The van der Waals surface area contributed by atoms with Gasteiger partial charge < -0.3 is 20.6 Å². The van der Waals surface area contributed by atoms with Crippen LogP contribution >= 0.6 is 11.8 Å². The number of likely N-dealkylation sites (tertiary alicyclic amines) is 1. The van der Waals surface area contributed by atoms with E-state index < -0.39 is 32.9 Å². The Labute approximate surface area is 231 Å². The number of carbonyl (C=O) groups excluding carboxylic acids is 3. The Balaban J connectivity index is 1.63. The molecule has 3 amide bonds. The number of thioether (sulfide) groups is 1. The molecular formula is C30H45N3O4S. The molecule has 4 rings (SSSR count). The molecule has 2 bridgehead atoms. The summed E-state index contributed by atoms with van der Waals surface area (Å²) in [6, 6.07) is 9.15. The molecule has 1 aromatic rings. The second-order valence-electron chi connectivity index (χ2n) is 13.5. The van der Waals surface area contributed by atoms with Crippen molar-refractivity contribution in [1.29, 1.82) is 0 Å². The van der Waals surface area contributed by atoms with Crippen molar-refractivity contribution in [3.63, 3.8) is 0 Å². The first kappa shape index (κ1) is 28.9. The third kappa shape index (κ3) is 5.48. The van der Waals surface area contributed by atoms with E-state index in [1.165, 1.54) is 0 Å². The molecule has 3 aliphatic heterocycles. The van der Waals surface area contributed by atoms with Gasteiger partial charge in [-0.1, -0.05) is 51.1 Å². The Morgan fingerprint density at radius 1 is 1.08 bits per heavy atom. The molecule has 0 radical (unpaired) electrons. The largest absolute Gasteiger partial charge is 0.396 e. The first-order valence-electron chi connectivity index (χ1n) is 14.0. The van der Waals surface area contributed by atoms with E-state index in [9.17, 15) is 19.5 Å². The Morgan fingerprint density at radius 2 is 1.76 bits per heavy atom. The first-order chi connectivity index (χ1) is 17.7. The van der Waals surface area contributed by atoms with Crippen molar-refractivity contribution in [3.05, 3.63) is 35.9 Å². The molecule has 1 spiro atoms.